The van der Waals surface area contributed by atoms with E-state index in [1.807, 2.05) is 11.8 Å². The molecule has 6 heteroatoms. The largest absolute Gasteiger partial charge is 0.369 e. The van der Waals surface area contributed by atoms with E-state index < -0.39 is 0 Å². The molecule has 0 saturated carbocycles. The zero-order valence-electron chi connectivity index (χ0n) is 14.0. The van der Waals surface area contributed by atoms with Gasteiger partial charge >= 0.3 is 0 Å². The maximum atomic E-state index is 12.8. The number of carbonyl (C=O) groups is 2. The molecule has 2 saturated heterocycles. The third-order valence-electron chi connectivity index (χ3n) is 5.38. The molecular formula is C16H30N4O2. The summed E-state index contributed by atoms with van der Waals surface area (Å²) < 4.78 is 0. The summed E-state index contributed by atoms with van der Waals surface area (Å²) in [6.45, 7) is 9.15. The molecule has 2 amide bonds. The van der Waals surface area contributed by atoms with Crippen LogP contribution < -0.4 is 11.5 Å². The van der Waals surface area contributed by atoms with Gasteiger partial charge in [-0.25, -0.2) is 0 Å². The monoisotopic (exact) mass is 310 g/mol. The number of piperidine rings is 2. The number of rotatable bonds is 3. The van der Waals surface area contributed by atoms with Crippen molar-refractivity contribution < 1.29 is 9.59 Å². The molecule has 0 radical (unpaired) electrons. The van der Waals surface area contributed by atoms with E-state index >= 15 is 0 Å². The molecule has 126 valence electrons. The van der Waals surface area contributed by atoms with Crippen LogP contribution in [0, 0.1) is 11.3 Å². The van der Waals surface area contributed by atoms with Gasteiger partial charge in [-0.15, -0.1) is 0 Å². The SMILES string of the molecule is CC(C(=O)N1CCCC(C(N)=O)C1)N1CCC(N)C(C)(C)C1. The van der Waals surface area contributed by atoms with Crippen molar-refractivity contribution in [3.8, 4) is 0 Å². The van der Waals surface area contributed by atoms with Crippen molar-refractivity contribution in [2.75, 3.05) is 26.2 Å². The Bertz CT molecular complexity index is 438. The fraction of sp³-hybridized carbons (Fsp3) is 0.875. The molecule has 0 aromatic heterocycles. The van der Waals surface area contributed by atoms with Crippen molar-refractivity contribution in [3.63, 3.8) is 0 Å². The van der Waals surface area contributed by atoms with Crippen LogP contribution in [0.1, 0.15) is 40.0 Å². The molecule has 0 aliphatic carbocycles. The Morgan fingerprint density at radius 1 is 1.23 bits per heavy atom. The third kappa shape index (κ3) is 3.60. The maximum absolute atomic E-state index is 12.8. The summed E-state index contributed by atoms with van der Waals surface area (Å²) >= 11 is 0. The Hall–Kier alpha value is -1.14. The summed E-state index contributed by atoms with van der Waals surface area (Å²) in [4.78, 5) is 28.2. The summed E-state index contributed by atoms with van der Waals surface area (Å²) in [7, 11) is 0. The molecule has 4 N–H and O–H groups in total. The van der Waals surface area contributed by atoms with E-state index in [2.05, 4.69) is 18.7 Å². The van der Waals surface area contributed by atoms with E-state index in [9.17, 15) is 9.59 Å². The van der Waals surface area contributed by atoms with E-state index in [1.54, 1.807) is 0 Å². The topological polar surface area (TPSA) is 92.7 Å². The zero-order chi connectivity index (χ0) is 16.5. The highest BCUT2D eigenvalue weighted by Crippen LogP contribution is 2.29. The molecule has 2 fully saturated rings. The first-order valence-corrected chi connectivity index (χ1v) is 8.30. The average Bonchev–Trinajstić information content (AvgIpc) is 2.48. The molecule has 0 aromatic rings. The van der Waals surface area contributed by atoms with Crippen molar-refractivity contribution in [3.05, 3.63) is 0 Å². The van der Waals surface area contributed by atoms with Gasteiger partial charge in [-0.2, -0.15) is 0 Å². The van der Waals surface area contributed by atoms with Crippen molar-refractivity contribution in [1.82, 2.24) is 9.80 Å². The average molecular weight is 310 g/mol. The van der Waals surface area contributed by atoms with Gasteiger partial charge in [-0.3, -0.25) is 14.5 Å². The molecule has 2 rings (SSSR count). The fourth-order valence-corrected chi connectivity index (χ4v) is 3.58. The molecule has 6 nitrogen and oxygen atoms in total. The van der Waals surface area contributed by atoms with Crippen LogP contribution in [0.3, 0.4) is 0 Å². The highest BCUT2D eigenvalue weighted by atomic mass is 16.2. The molecule has 0 spiro atoms. The lowest BCUT2D eigenvalue weighted by molar-refractivity contribution is -0.140. The van der Waals surface area contributed by atoms with Gasteiger partial charge in [0.2, 0.25) is 11.8 Å². The molecule has 2 aliphatic rings. The Morgan fingerprint density at radius 3 is 2.50 bits per heavy atom. The van der Waals surface area contributed by atoms with Crippen LogP contribution in [-0.4, -0.2) is 59.9 Å². The van der Waals surface area contributed by atoms with Gasteiger partial charge in [0.25, 0.3) is 0 Å². The second kappa shape index (κ2) is 6.54. The Labute approximate surface area is 133 Å². The number of hydrogen-bond acceptors (Lipinski definition) is 4. The summed E-state index contributed by atoms with van der Waals surface area (Å²) in [5, 5.41) is 0. The van der Waals surface area contributed by atoms with Crippen LogP contribution in [-0.2, 0) is 9.59 Å². The molecule has 0 aromatic carbocycles. The van der Waals surface area contributed by atoms with E-state index in [0.717, 1.165) is 38.9 Å². The first kappa shape index (κ1) is 17.2. The van der Waals surface area contributed by atoms with Crippen LogP contribution in [0.2, 0.25) is 0 Å². The van der Waals surface area contributed by atoms with Crippen LogP contribution in [0.25, 0.3) is 0 Å². The Balaban J connectivity index is 1.98. The predicted octanol–water partition coefficient (Wildman–Crippen LogP) is 0.158. The first-order chi connectivity index (χ1) is 10.2. The molecule has 2 heterocycles. The minimum atomic E-state index is -0.296. The lowest BCUT2D eigenvalue weighted by atomic mass is 9.79. The van der Waals surface area contributed by atoms with Gasteiger partial charge in [-0.1, -0.05) is 13.8 Å². The van der Waals surface area contributed by atoms with E-state index in [1.165, 1.54) is 0 Å². The van der Waals surface area contributed by atoms with Crippen molar-refractivity contribution in [2.45, 2.75) is 52.1 Å². The minimum Gasteiger partial charge on any atom is -0.369 e. The van der Waals surface area contributed by atoms with Gasteiger partial charge in [0.05, 0.1) is 12.0 Å². The lowest BCUT2D eigenvalue weighted by Gasteiger charge is -2.45. The number of primary amides is 1. The van der Waals surface area contributed by atoms with E-state index in [4.69, 9.17) is 11.5 Å². The van der Waals surface area contributed by atoms with Gasteiger partial charge in [0.1, 0.15) is 0 Å². The van der Waals surface area contributed by atoms with Gasteiger partial charge in [0.15, 0.2) is 0 Å². The number of likely N-dealkylation sites (tertiary alicyclic amines) is 2. The third-order valence-corrected chi connectivity index (χ3v) is 5.38. The first-order valence-electron chi connectivity index (χ1n) is 8.30. The second-order valence-electron chi connectivity index (χ2n) is 7.56. The van der Waals surface area contributed by atoms with Crippen molar-refractivity contribution >= 4 is 11.8 Å². The van der Waals surface area contributed by atoms with Crippen LogP contribution in [0.4, 0.5) is 0 Å². The highest BCUT2D eigenvalue weighted by molar-refractivity contribution is 5.83. The molecule has 22 heavy (non-hydrogen) atoms. The standard InChI is InChI=1S/C16H30N4O2/c1-11(20-8-6-13(17)16(2,3)10-20)15(22)19-7-4-5-12(9-19)14(18)21/h11-13H,4-10,17H2,1-3H3,(H2,18,21). The normalized spacial score (nSPS) is 30.8. The second-order valence-corrected chi connectivity index (χ2v) is 7.56. The van der Waals surface area contributed by atoms with E-state index in [-0.39, 0.29) is 35.2 Å². The summed E-state index contributed by atoms with van der Waals surface area (Å²) in [5.41, 5.74) is 11.6. The minimum absolute atomic E-state index is 0.0183. The van der Waals surface area contributed by atoms with E-state index in [0.29, 0.717) is 6.54 Å². The summed E-state index contributed by atoms with van der Waals surface area (Å²) in [5.74, 6) is -0.386. The number of carbonyl (C=O) groups excluding carboxylic acids is 2. The predicted molar refractivity (Wildman–Crippen MR) is 85.9 cm³/mol. The highest BCUT2D eigenvalue weighted by Gasteiger charge is 2.38. The fourth-order valence-electron chi connectivity index (χ4n) is 3.58. The molecule has 3 unspecified atom stereocenters. The van der Waals surface area contributed by atoms with Crippen molar-refractivity contribution in [2.24, 2.45) is 22.8 Å². The summed E-state index contributed by atoms with van der Waals surface area (Å²) in [6, 6.07) is 0.0127. The van der Waals surface area contributed by atoms with Crippen LogP contribution >= 0.6 is 0 Å². The van der Waals surface area contributed by atoms with Crippen LogP contribution in [0.15, 0.2) is 0 Å². The number of nitrogens with zero attached hydrogens (tertiary/aromatic N) is 2. The molecule has 3 atom stereocenters. The van der Waals surface area contributed by atoms with Crippen molar-refractivity contribution in [1.29, 1.82) is 0 Å². The quantitative estimate of drug-likeness (QED) is 0.776. The maximum Gasteiger partial charge on any atom is 0.239 e. The molecule has 0 bridgehead atoms. The number of nitrogens with two attached hydrogens (primary N) is 2. The van der Waals surface area contributed by atoms with Gasteiger partial charge in [0, 0.05) is 32.2 Å². The number of amides is 2. The number of hydrogen-bond donors (Lipinski definition) is 2. The zero-order valence-corrected chi connectivity index (χ0v) is 14.0. The summed E-state index contributed by atoms with van der Waals surface area (Å²) in [6.07, 6.45) is 2.55. The Kier molecular flexibility index (Phi) is 5.12. The molecular weight excluding hydrogens is 280 g/mol. The lowest BCUT2D eigenvalue weighted by Crippen LogP contribution is -2.58. The Morgan fingerprint density at radius 2 is 1.91 bits per heavy atom. The smallest absolute Gasteiger partial charge is 0.239 e. The van der Waals surface area contributed by atoms with Gasteiger partial charge < -0.3 is 16.4 Å². The van der Waals surface area contributed by atoms with Gasteiger partial charge in [-0.05, 0) is 31.6 Å². The molecule has 2 aliphatic heterocycles. The van der Waals surface area contributed by atoms with Crippen LogP contribution in [0.5, 0.6) is 0 Å².